The van der Waals surface area contributed by atoms with Crippen molar-refractivity contribution in [3.05, 3.63) is 0 Å². The first-order valence-electron chi connectivity index (χ1n) is 6.58. The molecule has 0 aromatic rings. The standard InChI is InChI=1S/C13H24N2O/c1-14-8-7-11(9-14)10-15(2)12-5-3-4-6-13(12)16/h11-12H,3-10H2,1-2H3. The molecule has 0 radical (unpaired) electrons. The second kappa shape index (κ2) is 5.28. The van der Waals surface area contributed by atoms with Gasteiger partial charge in [-0.15, -0.1) is 0 Å². The summed E-state index contributed by atoms with van der Waals surface area (Å²) < 4.78 is 0. The Morgan fingerprint density at radius 3 is 2.81 bits per heavy atom. The van der Waals surface area contributed by atoms with Crippen molar-refractivity contribution in [2.24, 2.45) is 5.92 Å². The third-order valence-electron chi connectivity index (χ3n) is 4.09. The van der Waals surface area contributed by atoms with Gasteiger partial charge in [0, 0.05) is 19.5 Å². The Morgan fingerprint density at radius 2 is 2.19 bits per heavy atom. The Bertz CT molecular complexity index is 254. The summed E-state index contributed by atoms with van der Waals surface area (Å²) >= 11 is 0. The Hall–Kier alpha value is -0.410. The van der Waals surface area contributed by atoms with E-state index in [2.05, 4.69) is 23.9 Å². The first-order chi connectivity index (χ1) is 7.66. The summed E-state index contributed by atoms with van der Waals surface area (Å²) in [7, 11) is 4.32. The van der Waals surface area contributed by atoms with Crippen LogP contribution in [0.25, 0.3) is 0 Å². The summed E-state index contributed by atoms with van der Waals surface area (Å²) in [6.07, 6.45) is 5.51. The number of nitrogens with zero attached hydrogens (tertiary/aromatic N) is 2. The quantitative estimate of drug-likeness (QED) is 0.723. The normalized spacial score (nSPS) is 32.6. The summed E-state index contributed by atoms with van der Waals surface area (Å²) in [5, 5.41) is 0. The van der Waals surface area contributed by atoms with Crippen LogP contribution in [0.1, 0.15) is 32.1 Å². The van der Waals surface area contributed by atoms with E-state index in [1.54, 1.807) is 0 Å². The van der Waals surface area contributed by atoms with Crippen molar-refractivity contribution in [2.75, 3.05) is 33.7 Å². The van der Waals surface area contributed by atoms with Crippen molar-refractivity contribution >= 4 is 5.78 Å². The number of Topliss-reactive ketones (excluding diaryl/α,β-unsaturated/α-hetero) is 1. The fourth-order valence-electron chi connectivity index (χ4n) is 3.14. The number of carbonyl (C=O) groups excluding carboxylic acids is 1. The fourth-order valence-corrected chi connectivity index (χ4v) is 3.14. The average Bonchev–Trinajstić information content (AvgIpc) is 2.64. The van der Waals surface area contributed by atoms with Gasteiger partial charge < -0.3 is 4.90 Å². The summed E-state index contributed by atoms with van der Waals surface area (Å²) in [5.74, 6) is 1.24. The summed E-state index contributed by atoms with van der Waals surface area (Å²) in [6.45, 7) is 3.52. The van der Waals surface area contributed by atoms with Crippen LogP contribution in [0.5, 0.6) is 0 Å². The number of likely N-dealkylation sites (tertiary alicyclic amines) is 1. The van der Waals surface area contributed by atoms with Gasteiger partial charge in [-0.1, -0.05) is 6.42 Å². The van der Waals surface area contributed by atoms with Crippen LogP contribution < -0.4 is 0 Å². The van der Waals surface area contributed by atoms with Crippen molar-refractivity contribution in [3.8, 4) is 0 Å². The van der Waals surface area contributed by atoms with Crippen LogP contribution in [0.3, 0.4) is 0 Å². The molecule has 0 aromatic carbocycles. The van der Waals surface area contributed by atoms with Gasteiger partial charge in [-0.2, -0.15) is 0 Å². The summed E-state index contributed by atoms with van der Waals surface area (Å²) in [5.41, 5.74) is 0. The molecular formula is C13H24N2O. The van der Waals surface area contributed by atoms with Gasteiger partial charge in [-0.25, -0.2) is 0 Å². The molecule has 1 aliphatic carbocycles. The number of likely N-dealkylation sites (N-methyl/N-ethyl adjacent to an activating group) is 1. The molecule has 3 heteroatoms. The highest BCUT2D eigenvalue weighted by atomic mass is 16.1. The fraction of sp³-hybridized carbons (Fsp3) is 0.923. The molecule has 16 heavy (non-hydrogen) atoms. The van der Waals surface area contributed by atoms with E-state index in [4.69, 9.17) is 0 Å². The van der Waals surface area contributed by atoms with E-state index in [1.807, 2.05) is 0 Å². The van der Waals surface area contributed by atoms with E-state index in [0.29, 0.717) is 5.78 Å². The van der Waals surface area contributed by atoms with Crippen LogP contribution in [0.2, 0.25) is 0 Å². The van der Waals surface area contributed by atoms with Gasteiger partial charge in [0.15, 0.2) is 0 Å². The second-order valence-electron chi connectivity index (χ2n) is 5.58. The van der Waals surface area contributed by atoms with Gasteiger partial charge in [-0.3, -0.25) is 9.69 Å². The van der Waals surface area contributed by atoms with Crippen molar-refractivity contribution in [1.82, 2.24) is 9.80 Å². The van der Waals surface area contributed by atoms with E-state index in [-0.39, 0.29) is 6.04 Å². The first kappa shape index (κ1) is 12.1. The minimum atomic E-state index is 0.222. The van der Waals surface area contributed by atoms with Gasteiger partial charge in [0.1, 0.15) is 5.78 Å². The van der Waals surface area contributed by atoms with Gasteiger partial charge in [0.05, 0.1) is 6.04 Å². The monoisotopic (exact) mass is 224 g/mol. The highest BCUT2D eigenvalue weighted by Crippen LogP contribution is 2.22. The van der Waals surface area contributed by atoms with Crippen LogP contribution in [0, 0.1) is 5.92 Å². The number of rotatable bonds is 3. The Labute approximate surface area is 98.8 Å². The Kier molecular flexibility index (Phi) is 3.98. The van der Waals surface area contributed by atoms with Gasteiger partial charge in [-0.05, 0) is 45.8 Å². The van der Waals surface area contributed by atoms with Crippen LogP contribution in [0.15, 0.2) is 0 Å². The van der Waals surface area contributed by atoms with E-state index < -0.39 is 0 Å². The van der Waals surface area contributed by atoms with Crippen LogP contribution in [-0.4, -0.2) is 55.4 Å². The minimum Gasteiger partial charge on any atom is -0.306 e. The molecule has 0 spiro atoms. The zero-order valence-corrected chi connectivity index (χ0v) is 10.6. The molecule has 2 atom stereocenters. The third-order valence-corrected chi connectivity index (χ3v) is 4.09. The molecular weight excluding hydrogens is 200 g/mol. The molecule has 1 aliphatic heterocycles. The number of ketones is 1. The molecule has 92 valence electrons. The molecule has 0 N–H and O–H groups in total. The molecule has 1 saturated heterocycles. The van der Waals surface area contributed by atoms with Crippen molar-refractivity contribution in [2.45, 2.75) is 38.1 Å². The predicted molar refractivity (Wildman–Crippen MR) is 65.5 cm³/mol. The maximum absolute atomic E-state index is 11.8. The molecule has 0 bridgehead atoms. The smallest absolute Gasteiger partial charge is 0.149 e. The SMILES string of the molecule is CN1CCC(CN(C)C2CCCCC2=O)C1. The second-order valence-corrected chi connectivity index (χ2v) is 5.58. The zero-order chi connectivity index (χ0) is 11.5. The molecule has 2 unspecified atom stereocenters. The lowest BCUT2D eigenvalue weighted by atomic mass is 9.92. The predicted octanol–water partition coefficient (Wildman–Crippen LogP) is 1.38. The van der Waals surface area contributed by atoms with Gasteiger partial charge >= 0.3 is 0 Å². The van der Waals surface area contributed by atoms with Crippen LogP contribution in [-0.2, 0) is 4.79 Å². The van der Waals surface area contributed by atoms with E-state index >= 15 is 0 Å². The topological polar surface area (TPSA) is 23.6 Å². The van der Waals surface area contributed by atoms with Crippen LogP contribution in [0.4, 0.5) is 0 Å². The zero-order valence-electron chi connectivity index (χ0n) is 10.6. The largest absolute Gasteiger partial charge is 0.306 e. The average molecular weight is 224 g/mol. The number of carbonyl (C=O) groups is 1. The Morgan fingerprint density at radius 1 is 1.38 bits per heavy atom. The van der Waals surface area contributed by atoms with E-state index in [9.17, 15) is 4.79 Å². The highest BCUT2D eigenvalue weighted by Gasteiger charge is 2.28. The first-order valence-corrected chi connectivity index (χ1v) is 6.58. The molecule has 2 fully saturated rings. The molecule has 3 nitrogen and oxygen atoms in total. The lowest BCUT2D eigenvalue weighted by molar-refractivity contribution is -0.125. The third kappa shape index (κ3) is 2.83. The lowest BCUT2D eigenvalue weighted by Crippen LogP contribution is -2.43. The lowest BCUT2D eigenvalue weighted by Gasteiger charge is -2.31. The van der Waals surface area contributed by atoms with Crippen molar-refractivity contribution in [1.29, 1.82) is 0 Å². The van der Waals surface area contributed by atoms with E-state index in [1.165, 1.54) is 25.9 Å². The molecule has 1 heterocycles. The molecule has 1 saturated carbocycles. The maximum atomic E-state index is 11.8. The number of hydrogen-bond acceptors (Lipinski definition) is 3. The molecule has 2 aliphatic rings. The maximum Gasteiger partial charge on any atom is 0.149 e. The summed E-state index contributed by atoms with van der Waals surface area (Å²) in [4.78, 5) is 16.5. The van der Waals surface area contributed by atoms with E-state index in [0.717, 1.165) is 31.7 Å². The van der Waals surface area contributed by atoms with Crippen LogP contribution >= 0.6 is 0 Å². The molecule has 2 rings (SSSR count). The highest BCUT2D eigenvalue weighted by molar-refractivity contribution is 5.84. The summed E-state index contributed by atoms with van der Waals surface area (Å²) in [6, 6.07) is 0.222. The van der Waals surface area contributed by atoms with Crippen molar-refractivity contribution < 1.29 is 4.79 Å². The molecule has 0 aromatic heterocycles. The minimum absolute atomic E-state index is 0.222. The van der Waals surface area contributed by atoms with Gasteiger partial charge in [0.25, 0.3) is 0 Å². The Balaban J connectivity index is 1.82. The van der Waals surface area contributed by atoms with Gasteiger partial charge in [0.2, 0.25) is 0 Å². The number of hydrogen-bond donors (Lipinski definition) is 0. The van der Waals surface area contributed by atoms with Crippen molar-refractivity contribution in [3.63, 3.8) is 0 Å². The molecule has 0 amide bonds.